The van der Waals surface area contributed by atoms with Crippen molar-refractivity contribution in [2.24, 2.45) is 0 Å². The van der Waals surface area contributed by atoms with E-state index in [-0.39, 0.29) is 10.0 Å². The lowest BCUT2D eigenvalue weighted by Crippen LogP contribution is -2.46. The molecule has 0 saturated carbocycles. The van der Waals surface area contributed by atoms with Crippen LogP contribution < -0.4 is 0 Å². The molecule has 0 aliphatic heterocycles. The highest BCUT2D eigenvalue weighted by atomic mass is 79.9. The summed E-state index contributed by atoms with van der Waals surface area (Å²) < 4.78 is 39.4. The molecular weight excluding hydrogens is 403 g/mol. The van der Waals surface area contributed by atoms with Crippen molar-refractivity contribution in [1.29, 1.82) is 0 Å². The summed E-state index contributed by atoms with van der Waals surface area (Å²) in [6.07, 6.45) is -4.58. The fourth-order valence-electron chi connectivity index (χ4n) is 1.48. The second kappa shape index (κ2) is 6.05. The summed E-state index contributed by atoms with van der Waals surface area (Å²) in [5.41, 5.74) is -1.88. The smallest absolute Gasteiger partial charge is 0.336 e. The van der Waals surface area contributed by atoms with Gasteiger partial charge in [0.15, 0.2) is 0 Å². The van der Waals surface area contributed by atoms with E-state index >= 15 is 0 Å². The minimum absolute atomic E-state index is 0.281. The number of halogens is 5. The monoisotopic (exact) mass is 415 g/mol. The summed E-state index contributed by atoms with van der Waals surface area (Å²) in [7, 11) is 1.49. The van der Waals surface area contributed by atoms with Gasteiger partial charge in [-0.2, -0.15) is 13.2 Å². The second-order valence-electron chi connectivity index (χ2n) is 5.00. The Bertz CT molecular complexity index is 515. The van der Waals surface area contributed by atoms with E-state index in [1.807, 2.05) is 0 Å². The Morgan fingerprint density at radius 1 is 1.30 bits per heavy atom. The summed E-state index contributed by atoms with van der Waals surface area (Å²) in [4.78, 5) is 13.6. The fraction of sp³-hybridized carbons (Fsp3) is 0.462. The number of nitrogens with zero attached hydrogens (tertiary/aromatic N) is 1. The minimum Gasteiger partial charge on any atom is -0.336 e. The highest BCUT2D eigenvalue weighted by Crippen LogP contribution is 2.35. The van der Waals surface area contributed by atoms with E-state index < -0.39 is 23.2 Å². The average Bonchev–Trinajstić information content (AvgIpc) is 2.35. The lowest BCUT2D eigenvalue weighted by Gasteiger charge is -2.34. The van der Waals surface area contributed by atoms with Gasteiger partial charge in [-0.25, -0.2) is 0 Å². The first-order chi connectivity index (χ1) is 9.00. The zero-order valence-corrected chi connectivity index (χ0v) is 14.4. The van der Waals surface area contributed by atoms with Crippen LogP contribution in [-0.2, 0) is 6.18 Å². The maximum absolute atomic E-state index is 13.0. The van der Waals surface area contributed by atoms with E-state index in [1.165, 1.54) is 24.1 Å². The molecule has 0 fully saturated rings. The van der Waals surface area contributed by atoms with Crippen molar-refractivity contribution < 1.29 is 18.0 Å². The van der Waals surface area contributed by atoms with Crippen LogP contribution in [0.5, 0.6) is 0 Å². The highest BCUT2D eigenvalue weighted by molar-refractivity contribution is 9.10. The molecule has 0 aliphatic carbocycles. The van der Waals surface area contributed by atoms with Crippen LogP contribution >= 0.6 is 31.9 Å². The number of rotatable bonds is 3. The number of amides is 1. The molecule has 2 nitrogen and oxygen atoms in total. The van der Waals surface area contributed by atoms with Gasteiger partial charge in [0.05, 0.1) is 11.1 Å². The van der Waals surface area contributed by atoms with E-state index in [2.05, 4.69) is 31.9 Å². The van der Waals surface area contributed by atoms with Gasteiger partial charge in [0.2, 0.25) is 0 Å². The van der Waals surface area contributed by atoms with Crippen molar-refractivity contribution >= 4 is 37.8 Å². The third kappa shape index (κ3) is 3.75. The summed E-state index contributed by atoms with van der Waals surface area (Å²) >= 11 is 6.25. The minimum atomic E-state index is -4.58. The summed E-state index contributed by atoms with van der Waals surface area (Å²) in [6.45, 7) is 3.54. The molecule has 7 heteroatoms. The lowest BCUT2D eigenvalue weighted by atomic mass is 10.0. The van der Waals surface area contributed by atoms with Gasteiger partial charge >= 0.3 is 6.18 Å². The third-order valence-corrected chi connectivity index (χ3v) is 4.92. The predicted octanol–water partition coefficient (Wildman–Crippen LogP) is 4.71. The Labute approximate surface area is 132 Å². The molecule has 0 saturated heterocycles. The molecule has 1 aromatic carbocycles. The highest BCUT2D eigenvalue weighted by Gasteiger charge is 2.37. The maximum atomic E-state index is 13.0. The molecule has 1 aromatic rings. The topological polar surface area (TPSA) is 20.3 Å². The number of alkyl halides is 4. The second-order valence-corrected chi connectivity index (χ2v) is 6.47. The quantitative estimate of drug-likeness (QED) is 0.653. The van der Waals surface area contributed by atoms with Crippen molar-refractivity contribution in [2.45, 2.75) is 25.6 Å². The van der Waals surface area contributed by atoms with Gasteiger partial charge in [0, 0.05) is 22.4 Å². The third-order valence-electron chi connectivity index (χ3n) is 3.06. The van der Waals surface area contributed by atoms with Gasteiger partial charge in [0.1, 0.15) is 0 Å². The fourth-order valence-corrected chi connectivity index (χ4v) is 2.22. The molecule has 0 heterocycles. The van der Waals surface area contributed by atoms with Crippen LogP contribution in [0.2, 0.25) is 0 Å². The average molecular weight is 417 g/mol. The standard InChI is InChI=1S/C13H14Br2F3NO/c1-12(2,7-14)19(3)11(20)9-5-4-8(15)6-10(9)13(16,17)18/h4-6H,7H2,1-3H3. The molecule has 0 aromatic heterocycles. The molecule has 0 atom stereocenters. The summed E-state index contributed by atoms with van der Waals surface area (Å²) in [5.74, 6) is -0.658. The van der Waals surface area contributed by atoms with Crippen LogP contribution in [0.15, 0.2) is 22.7 Å². The number of hydrogen-bond donors (Lipinski definition) is 0. The van der Waals surface area contributed by atoms with E-state index in [9.17, 15) is 18.0 Å². The van der Waals surface area contributed by atoms with Crippen LogP contribution in [0.4, 0.5) is 13.2 Å². The molecule has 1 amide bonds. The molecule has 112 valence electrons. The van der Waals surface area contributed by atoms with Crippen molar-refractivity contribution in [3.63, 3.8) is 0 Å². The van der Waals surface area contributed by atoms with E-state index in [1.54, 1.807) is 13.8 Å². The van der Waals surface area contributed by atoms with Gasteiger partial charge in [-0.1, -0.05) is 31.9 Å². The first-order valence-electron chi connectivity index (χ1n) is 5.71. The molecule has 0 radical (unpaired) electrons. The lowest BCUT2D eigenvalue weighted by molar-refractivity contribution is -0.138. The van der Waals surface area contributed by atoms with Gasteiger partial charge < -0.3 is 4.90 Å². The SMILES string of the molecule is CN(C(=O)c1ccc(Br)cc1C(F)(F)F)C(C)(C)CBr. The van der Waals surface area contributed by atoms with Crippen molar-refractivity contribution in [3.8, 4) is 0 Å². The zero-order valence-electron chi connectivity index (χ0n) is 11.2. The van der Waals surface area contributed by atoms with E-state index in [0.717, 1.165) is 6.07 Å². The Morgan fingerprint density at radius 2 is 1.85 bits per heavy atom. The molecule has 0 spiro atoms. The number of benzene rings is 1. The molecule has 20 heavy (non-hydrogen) atoms. The number of carbonyl (C=O) groups excluding carboxylic acids is 1. The van der Waals surface area contributed by atoms with Gasteiger partial charge in [-0.05, 0) is 32.0 Å². The van der Waals surface area contributed by atoms with E-state index in [4.69, 9.17) is 0 Å². The van der Waals surface area contributed by atoms with Crippen LogP contribution in [0, 0.1) is 0 Å². The zero-order chi connectivity index (χ0) is 15.7. The Balaban J connectivity index is 3.30. The molecule has 0 bridgehead atoms. The molecule has 0 N–H and O–H groups in total. The van der Waals surface area contributed by atoms with Crippen LogP contribution in [-0.4, -0.2) is 28.7 Å². The predicted molar refractivity (Wildman–Crippen MR) is 79.1 cm³/mol. The van der Waals surface area contributed by atoms with Crippen molar-refractivity contribution in [1.82, 2.24) is 4.90 Å². The Morgan fingerprint density at radius 3 is 2.30 bits per heavy atom. The van der Waals surface area contributed by atoms with Gasteiger partial charge in [0.25, 0.3) is 5.91 Å². The Hall–Kier alpha value is -0.560. The number of carbonyl (C=O) groups is 1. The van der Waals surface area contributed by atoms with Crippen LogP contribution in [0.1, 0.15) is 29.8 Å². The largest absolute Gasteiger partial charge is 0.417 e. The normalized spacial score (nSPS) is 12.4. The van der Waals surface area contributed by atoms with Crippen molar-refractivity contribution in [3.05, 3.63) is 33.8 Å². The van der Waals surface area contributed by atoms with Gasteiger partial charge in [-0.15, -0.1) is 0 Å². The molecular formula is C13H14Br2F3NO. The molecule has 0 unspecified atom stereocenters. The molecule has 1 rings (SSSR count). The van der Waals surface area contributed by atoms with Crippen molar-refractivity contribution in [2.75, 3.05) is 12.4 Å². The van der Waals surface area contributed by atoms with Crippen LogP contribution in [0.3, 0.4) is 0 Å². The first-order valence-corrected chi connectivity index (χ1v) is 7.63. The molecule has 0 aliphatic rings. The Kier molecular flexibility index (Phi) is 5.29. The van der Waals surface area contributed by atoms with Gasteiger partial charge in [-0.3, -0.25) is 4.79 Å². The summed E-state index contributed by atoms with van der Waals surface area (Å²) in [5, 5.41) is 0.458. The maximum Gasteiger partial charge on any atom is 0.417 e. The van der Waals surface area contributed by atoms with Crippen LogP contribution in [0.25, 0.3) is 0 Å². The first kappa shape index (κ1) is 17.5. The van der Waals surface area contributed by atoms with E-state index in [0.29, 0.717) is 5.33 Å². The number of hydrogen-bond acceptors (Lipinski definition) is 1. The summed E-state index contributed by atoms with van der Waals surface area (Å²) in [6, 6.07) is 3.54.